The van der Waals surface area contributed by atoms with E-state index in [0.717, 1.165) is 12.8 Å². The first kappa shape index (κ1) is 12.7. The van der Waals surface area contributed by atoms with Crippen LogP contribution in [0.15, 0.2) is 18.2 Å². The smallest absolute Gasteiger partial charge is 0.253 e. The first-order valence-corrected chi connectivity index (χ1v) is 5.89. The van der Waals surface area contributed by atoms with Crippen LogP contribution < -0.4 is 14.8 Å². The van der Waals surface area contributed by atoms with Crippen molar-refractivity contribution in [3.63, 3.8) is 0 Å². The summed E-state index contributed by atoms with van der Waals surface area (Å²) in [4.78, 5) is 11.9. The fourth-order valence-corrected chi connectivity index (χ4v) is 1.90. The lowest BCUT2D eigenvalue weighted by Crippen LogP contribution is -2.27. The van der Waals surface area contributed by atoms with Gasteiger partial charge in [0.15, 0.2) is 0 Å². The number of carbonyl (C=O) groups excluding carboxylic acids is 1. The minimum atomic E-state index is -0.350. The molecule has 1 fully saturated rings. The molecule has 1 heterocycles. The molecule has 1 aliphatic rings. The molecule has 0 radical (unpaired) electrons. The number of hydrogen-bond acceptors (Lipinski definition) is 4. The highest BCUT2D eigenvalue weighted by molar-refractivity contribution is 5.95. The summed E-state index contributed by atoms with van der Waals surface area (Å²) in [6.07, 6.45) is 1.35. The van der Waals surface area contributed by atoms with Crippen molar-refractivity contribution in [1.82, 2.24) is 0 Å². The molecule has 0 spiro atoms. The van der Waals surface area contributed by atoms with Gasteiger partial charge in [0.05, 0.1) is 19.9 Å². The summed E-state index contributed by atoms with van der Waals surface area (Å²) in [7, 11) is 3.13. The summed E-state index contributed by atoms with van der Waals surface area (Å²) in [5, 5.41) is 2.81. The molecule has 1 aromatic rings. The summed E-state index contributed by atoms with van der Waals surface area (Å²) in [6, 6.07) is 5.25. The lowest BCUT2D eigenvalue weighted by molar-refractivity contribution is -0.124. The summed E-state index contributed by atoms with van der Waals surface area (Å²) >= 11 is 0. The van der Waals surface area contributed by atoms with E-state index in [0.29, 0.717) is 23.8 Å². The van der Waals surface area contributed by atoms with Crippen molar-refractivity contribution in [3.8, 4) is 11.5 Å². The first-order valence-electron chi connectivity index (χ1n) is 5.89. The Labute approximate surface area is 106 Å². The van der Waals surface area contributed by atoms with Crippen LogP contribution in [0.5, 0.6) is 11.5 Å². The summed E-state index contributed by atoms with van der Waals surface area (Å²) in [6.45, 7) is 0.651. The molecule has 1 saturated heterocycles. The maximum Gasteiger partial charge on any atom is 0.253 e. The van der Waals surface area contributed by atoms with Crippen LogP contribution in [0.1, 0.15) is 12.8 Å². The second-order valence-corrected chi connectivity index (χ2v) is 4.06. The van der Waals surface area contributed by atoms with Crippen molar-refractivity contribution in [1.29, 1.82) is 0 Å². The third kappa shape index (κ3) is 2.73. The topological polar surface area (TPSA) is 56.8 Å². The number of rotatable bonds is 4. The molecular formula is C13H17NO4. The molecule has 1 aromatic carbocycles. The van der Waals surface area contributed by atoms with Crippen molar-refractivity contribution in [2.24, 2.45) is 0 Å². The number of carbonyl (C=O) groups is 1. The number of amides is 1. The van der Waals surface area contributed by atoms with Crippen molar-refractivity contribution in [2.45, 2.75) is 18.9 Å². The normalized spacial score (nSPS) is 18.4. The van der Waals surface area contributed by atoms with Gasteiger partial charge in [-0.05, 0) is 25.0 Å². The number of anilines is 1. The van der Waals surface area contributed by atoms with Crippen LogP contribution in [-0.2, 0) is 9.53 Å². The molecule has 2 rings (SSSR count). The van der Waals surface area contributed by atoms with Gasteiger partial charge < -0.3 is 19.5 Å². The van der Waals surface area contributed by atoms with E-state index in [2.05, 4.69) is 5.32 Å². The van der Waals surface area contributed by atoms with E-state index in [1.54, 1.807) is 32.4 Å². The van der Waals surface area contributed by atoms with E-state index < -0.39 is 0 Å². The molecule has 0 aliphatic carbocycles. The predicted octanol–water partition coefficient (Wildman–Crippen LogP) is 1.82. The van der Waals surface area contributed by atoms with E-state index >= 15 is 0 Å². The number of ether oxygens (including phenoxy) is 3. The highest BCUT2D eigenvalue weighted by Gasteiger charge is 2.24. The Morgan fingerprint density at radius 2 is 2.22 bits per heavy atom. The molecule has 1 aliphatic heterocycles. The second-order valence-electron chi connectivity index (χ2n) is 4.06. The van der Waals surface area contributed by atoms with Gasteiger partial charge in [-0.1, -0.05) is 0 Å². The fourth-order valence-electron chi connectivity index (χ4n) is 1.90. The molecule has 0 aromatic heterocycles. The summed E-state index contributed by atoms with van der Waals surface area (Å²) in [5.41, 5.74) is 0.624. The molecule has 98 valence electrons. The zero-order valence-corrected chi connectivity index (χ0v) is 10.6. The van der Waals surface area contributed by atoms with Gasteiger partial charge in [-0.15, -0.1) is 0 Å². The number of methoxy groups -OCH3 is 2. The third-order valence-corrected chi connectivity index (χ3v) is 2.89. The summed E-state index contributed by atoms with van der Waals surface area (Å²) in [5.74, 6) is 1.12. The Morgan fingerprint density at radius 3 is 2.83 bits per heavy atom. The standard InChI is InChI=1S/C13H17NO4/c1-16-9-5-6-10(12(8-9)17-2)14-13(15)11-4-3-7-18-11/h5-6,8,11H,3-4,7H2,1-2H3,(H,14,15)/t11-/m1/s1. The second kappa shape index (κ2) is 5.73. The molecular weight excluding hydrogens is 234 g/mol. The van der Waals surface area contributed by atoms with Crippen LogP contribution >= 0.6 is 0 Å². The van der Waals surface area contributed by atoms with E-state index in [1.807, 2.05) is 0 Å². The molecule has 5 heteroatoms. The highest BCUT2D eigenvalue weighted by Crippen LogP contribution is 2.29. The van der Waals surface area contributed by atoms with Crippen molar-refractivity contribution >= 4 is 11.6 Å². The van der Waals surface area contributed by atoms with Crippen LogP contribution in [0.2, 0.25) is 0 Å². The Balaban J connectivity index is 2.10. The van der Waals surface area contributed by atoms with Crippen molar-refractivity contribution in [2.75, 3.05) is 26.1 Å². The minimum absolute atomic E-state index is 0.129. The van der Waals surface area contributed by atoms with Gasteiger partial charge in [0.25, 0.3) is 5.91 Å². The maximum atomic E-state index is 11.9. The molecule has 1 N–H and O–H groups in total. The Morgan fingerprint density at radius 1 is 1.39 bits per heavy atom. The van der Waals surface area contributed by atoms with E-state index in [9.17, 15) is 4.79 Å². The molecule has 1 amide bonds. The van der Waals surface area contributed by atoms with Crippen LogP contribution in [0.4, 0.5) is 5.69 Å². The average Bonchev–Trinajstić information content (AvgIpc) is 2.93. The zero-order valence-electron chi connectivity index (χ0n) is 10.6. The van der Waals surface area contributed by atoms with Gasteiger partial charge in [-0.25, -0.2) is 0 Å². The number of benzene rings is 1. The molecule has 18 heavy (non-hydrogen) atoms. The average molecular weight is 251 g/mol. The van der Waals surface area contributed by atoms with Crippen molar-refractivity contribution < 1.29 is 19.0 Å². The quantitative estimate of drug-likeness (QED) is 0.886. The fraction of sp³-hybridized carbons (Fsp3) is 0.462. The van der Waals surface area contributed by atoms with Crippen LogP contribution in [0.3, 0.4) is 0 Å². The van der Waals surface area contributed by atoms with Crippen LogP contribution in [0, 0.1) is 0 Å². The van der Waals surface area contributed by atoms with E-state index in [4.69, 9.17) is 14.2 Å². The predicted molar refractivity (Wildman–Crippen MR) is 67.1 cm³/mol. The lowest BCUT2D eigenvalue weighted by atomic mass is 10.2. The minimum Gasteiger partial charge on any atom is -0.497 e. The van der Waals surface area contributed by atoms with Gasteiger partial charge in [-0.2, -0.15) is 0 Å². The lowest BCUT2D eigenvalue weighted by Gasteiger charge is -2.14. The van der Waals surface area contributed by atoms with Gasteiger partial charge in [0.1, 0.15) is 17.6 Å². The molecule has 1 atom stereocenters. The molecule has 0 saturated carbocycles. The highest BCUT2D eigenvalue weighted by atomic mass is 16.5. The van der Waals surface area contributed by atoms with Crippen LogP contribution in [-0.4, -0.2) is 32.8 Å². The maximum absolute atomic E-state index is 11.9. The Hall–Kier alpha value is -1.75. The monoisotopic (exact) mass is 251 g/mol. The van der Waals surface area contributed by atoms with E-state index in [-0.39, 0.29) is 12.0 Å². The Bertz CT molecular complexity index is 427. The van der Waals surface area contributed by atoms with E-state index in [1.165, 1.54) is 0 Å². The van der Waals surface area contributed by atoms with Crippen molar-refractivity contribution in [3.05, 3.63) is 18.2 Å². The zero-order chi connectivity index (χ0) is 13.0. The van der Waals surface area contributed by atoms with Gasteiger partial charge in [-0.3, -0.25) is 4.79 Å². The molecule has 0 unspecified atom stereocenters. The summed E-state index contributed by atoms with van der Waals surface area (Å²) < 4.78 is 15.6. The third-order valence-electron chi connectivity index (χ3n) is 2.89. The van der Waals surface area contributed by atoms with Gasteiger partial charge in [0, 0.05) is 12.7 Å². The molecule has 5 nitrogen and oxygen atoms in total. The van der Waals surface area contributed by atoms with Crippen LogP contribution in [0.25, 0.3) is 0 Å². The largest absolute Gasteiger partial charge is 0.497 e. The van der Waals surface area contributed by atoms with Gasteiger partial charge in [0.2, 0.25) is 0 Å². The number of nitrogens with one attached hydrogen (secondary N) is 1. The van der Waals surface area contributed by atoms with Gasteiger partial charge >= 0.3 is 0 Å². The first-order chi connectivity index (χ1) is 8.74. The SMILES string of the molecule is COc1ccc(NC(=O)[C@H]2CCCO2)c(OC)c1. The molecule has 0 bridgehead atoms. The Kier molecular flexibility index (Phi) is 4.04. The number of hydrogen-bond donors (Lipinski definition) is 1.